The summed E-state index contributed by atoms with van der Waals surface area (Å²) in [6, 6.07) is 5.13. The van der Waals surface area contributed by atoms with Gasteiger partial charge in [-0.05, 0) is 25.1 Å². The molecule has 1 aromatic carbocycles. The number of ether oxygens (including phenoxy) is 2. The molecule has 0 N–H and O–H groups in total. The molecule has 0 bridgehead atoms. The average molecular weight is 362 g/mol. The lowest BCUT2D eigenvalue weighted by molar-refractivity contribution is -0.129. The number of methoxy groups -OCH3 is 2. The Morgan fingerprint density at radius 1 is 1.35 bits per heavy atom. The van der Waals surface area contributed by atoms with Crippen LogP contribution in [0.4, 0.5) is 0 Å². The Morgan fingerprint density at radius 2 is 2.04 bits per heavy atom. The van der Waals surface area contributed by atoms with E-state index in [1.54, 1.807) is 31.3 Å². The van der Waals surface area contributed by atoms with E-state index in [0.717, 1.165) is 5.56 Å². The summed E-state index contributed by atoms with van der Waals surface area (Å²) in [5, 5.41) is 0. The lowest BCUT2D eigenvalue weighted by Crippen LogP contribution is -2.29. The molecule has 0 aliphatic carbocycles. The molecule has 0 spiro atoms. The molecule has 128 valence electrons. The summed E-state index contributed by atoms with van der Waals surface area (Å²) in [7, 11) is 4.81. The maximum atomic E-state index is 12.3. The van der Waals surface area contributed by atoms with Crippen LogP contribution in [0.3, 0.4) is 0 Å². The number of rotatable bonds is 6. The van der Waals surface area contributed by atoms with E-state index in [-0.39, 0.29) is 30.0 Å². The van der Waals surface area contributed by atoms with Gasteiger partial charge < -0.3 is 14.4 Å². The van der Waals surface area contributed by atoms with Gasteiger partial charge in [0.05, 0.1) is 26.0 Å². The van der Waals surface area contributed by atoms with E-state index >= 15 is 0 Å². The first-order chi connectivity index (χ1) is 10.7. The molecule has 1 aromatic rings. The highest BCUT2D eigenvalue weighted by Gasteiger charge is 2.36. The van der Waals surface area contributed by atoms with E-state index in [0.29, 0.717) is 18.0 Å². The molecule has 6 nitrogen and oxygen atoms in total. The van der Waals surface area contributed by atoms with Crippen LogP contribution in [0.15, 0.2) is 18.2 Å². The van der Waals surface area contributed by atoms with Gasteiger partial charge in [0.25, 0.3) is 0 Å². The van der Waals surface area contributed by atoms with E-state index in [1.807, 2.05) is 13.0 Å². The first kappa shape index (κ1) is 17.9. The first-order valence-electron chi connectivity index (χ1n) is 7.19. The Kier molecular flexibility index (Phi) is 5.41. The topological polar surface area (TPSA) is 72.9 Å². The molecule has 0 radical (unpaired) electrons. The minimum Gasteiger partial charge on any atom is -0.497 e. The number of amides is 1. The van der Waals surface area contributed by atoms with Crippen molar-refractivity contribution in [2.24, 2.45) is 5.92 Å². The van der Waals surface area contributed by atoms with E-state index < -0.39 is 9.05 Å². The van der Waals surface area contributed by atoms with Crippen LogP contribution in [0.25, 0.3) is 0 Å². The van der Waals surface area contributed by atoms with Gasteiger partial charge in [0.1, 0.15) is 11.5 Å². The van der Waals surface area contributed by atoms with Gasteiger partial charge in [-0.3, -0.25) is 4.79 Å². The van der Waals surface area contributed by atoms with Crippen molar-refractivity contribution in [3.05, 3.63) is 23.8 Å². The highest BCUT2D eigenvalue weighted by atomic mass is 35.7. The lowest BCUT2D eigenvalue weighted by Gasteiger charge is -2.27. The number of likely N-dealkylation sites (tertiary alicyclic amines) is 1. The molecule has 1 aliphatic rings. The van der Waals surface area contributed by atoms with Crippen LogP contribution in [0.1, 0.15) is 24.9 Å². The Labute approximate surface area is 140 Å². The summed E-state index contributed by atoms with van der Waals surface area (Å²) in [5.74, 6) is 0.745. The molecule has 1 aliphatic heterocycles. The number of benzene rings is 1. The van der Waals surface area contributed by atoms with Crippen molar-refractivity contribution in [3.63, 3.8) is 0 Å². The van der Waals surface area contributed by atoms with Crippen molar-refractivity contribution in [1.29, 1.82) is 0 Å². The molecule has 1 saturated heterocycles. The van der Waals surface area contributed by atoms with Gasteiger partial charge in [-0.25, -0.2) is 8.42 Å². The number of hydrogen-bond donors (Lipinski definition) is 0. The predicted octanol–water partition coefficient (Wildman–Crippen LogP) is 2.18. The van der Waals surface area contributed by atoms with Crippen LogP contribution in [0, 0.1) is 5.92 Å². The van der Waals surface area contributed by atoms with E-state index in [4.69, 9.17) is 20.2 Å². The van der Waals surface area contributed by atoms with Crippen molar-refractivity contribution in [3.8, 4) is 11.5 Å². The fraction of sp³-hybridized carbons (Fsp3) is 0.533. The number of nitrogens with zero attached hydrogens (tertiary/aromatic N) is 1. The molecule has 1 amide bonds. The van der Waals surface area contributed by atoms with E-state index in [9.17, 15) is 13.2 Å². The predicted molar refractivity (Wildman–Crippen MR) is 87.4 cm³/mol. The second-order valence-corrected chi connectivity index (χ2v) is 8.43. The van der Waals surface area contributed by atoms with E-state index in [1.165, 1.54) is 0 Å². The first-order valence-corrected chi connectivity index (χ1v) is 9.66. The van der Waals surface area contributed by atoms with Crippen LogP contribution < -0.4 is 9.47 Å². The zero-order valence-corrected chi connectivity index (χ0v) is 14.9. The summed E-state index contributed by atoms with van der Waals surface area (Å²) in [6.45, 7) is 2.24. The lowest BCUT2D eigenvalue weighted by atomic mass is 10.1. The number of carbonyl (C=O) groups is 1. The van der Waals surface area contributed by atoms with Crippen molar-refractivity contribution in [1.82, 2.24) is 4.90 Å². The van der Waals surface area contributed by atoms with Gasteiger partial charge >= 0.3 is 0 Å². The third kappa shape index (κ3) is 4.29. The monoisotopic (exact) mass is 361 g/mol. The van der Waals surface area contributed by atoms with Gasteiger partial charge in [0.15, 0.2) is 0 Å². The maximum absolute atomic E-state index is 12.3. The van der Waals surface area contributed by atoms with Gasteiger partial charge in [0, 0.05) is 35.1 Å². The number of carbonyl (C=O) groups excluding carboxylic acids is 1. The third-order valence-corrected chi connectivity index (χ3v) is 5.28. The summed E-state index contributed by atoms with van der Waals surface area (Å²) in [4.78, 5) is 13.9. The quantitative estimate of drug-likeness (QED) is 0.726. The molecule has 2 atom stereocenters. The zero-order valence-electron chi connectivity index (χ0n) is 13.3. The molecular weight excluding hydrogens is 342 g/mol. The van der Waals surface area contributed by atoms with Crippen LogP contribution in [0.5, 0.6) is 11.5 Å². The standard InChI is InChI=1S/C15H20ClNO5S/c1-10(13-7-12(21-2)4-5-14(13)22-3)17-8-11(6-15(17)18)9-23(16,19)20/h4-5,7,10-11H,6,8-9H2,1-3H3. The Bertz CT molecular complexity index is 691. The smallest absolute Gasteiger partial charge is 0.232 e. The minimum atomic E-state index is -3.62. The fourth-order valence-corrected chi connectivity index (χ4v) is 4.23. The third-order valence-electron chi connectivity index (χ3n) is 4.03. The summed E-state index contributed by atoms with van der Waals surface area (Å²) in [6.07, 6.45) is 0.183. The number of halogens is 1. The molecule has 0 aromatic heterocycles. The molecule has 23 heavy (non-hydrogen) atoms. The molecular formula is C15H20ClNO5S. The van der Waals surface area contributed by atoms with Crippen LogP contribution in [0.2, 0.25) is 0 Å². The Balaban J connectivity index is 2.23. The van der Waals surface area contributed by atoms with Crippen LogP contribution in [-0.2, 0) is 13.8 Å². The second kappa shape index (κ2) is 6.97. The Morgan fingerprint density at radius 3 is 2.61 bits per heavy atom. The average Bonchev–Trinajstić information content (AvgIpc) is 2.84. The van der Waals surface area contributed by atoms with Gasteiger partial charge in [-0.15, -0.1) is 0 Å². The normalized spacial score (nSPS) is 19.7. The second-order valence-electron chi connectivity index (χ2n) is 5.61. The molecule has 2 unspecified atom stereocenters. The summed E-state index contributed by atoms with van der Waals surface area (Å²) < 4.78 is 33.0. The van der Waals surface area contributed by atoms with Crippen molar-refractivity contribution >= 4 is 25.6 Å². The van der Waals surface area contributed by atoms with Gasteiger partial charge in [0.2, 0.25) is 15.0 Å². The van der Waals surface area contributed by atoms with E-state index in [2.05, 4.69) is 0 Å². The summed E-state index contributed by atoms with van der Waals surface area (Å²) >= 11 is 0. The minimum absolute atomic E-state index is 0.0901. The van der Waals surface area contributed by atoms with Gasteiger partial charge in [-0.2, -0.15) is 0 Å². The zero-order chi connectivity index (χ0) is 17.2. The van der Waals surface area contributed by atoms with Crippen molar-refractivity contribution < 1.29 is 22.7 Å². The fourth-order valence-electron chi connectivity index (χ4n) is 2.91. The van der Waals surface area contributed by atoms with Crippen molar-refractivity contribution in [2.45, 2.75) is 19.4 Å². The highest BCUT2D eigenvalue weighted by Crippen LogP contribution is 2.36. The van der Waals surface area contributed by atoms with Crippen LogP contribution >= 0.6 is 10.7 Å². The van der Waals surface area contributed by atoms with Crippen LogP contribution in [-0.4, -0.2) is 45.7 Å². The molecule has 1 fully saturated rings. The molecule has 1 heterocycles. The molecule has 2 rings (SSSR count). The van der Waals surface area contributed by atoms with Crippen molar-refractivity contribution in [2.75, 3.05) is 26.5 Å². The van der Waals surface area contributed by atoms with Gasteiger partial charge in [-0.1, -0.05) is 0 Å². The Hall–Kier alpha value is -1.47. The summed E-state index contributed by atoms with van der Waals surface area (Å²) in [5.41, 5.74) is 0.814. The highest BCUT2D eigenvalue weighted by molar-refractivity contribution is 8.13. The molecule has 8 heteroatoms. The SMILES string of the molecule is COc1ccc(OC)c(C(C)N2CC(CS(=O)(=O)Cl)CC2=O)c1. The largest absolute Gasteiger partial charge is 0.497 e. The maximum Gasteiger partial charge on any atom is 0.232 e. The number of hydrogen-bond acceptors (Lipinski definition) is 5. The molecule has 0 saturated carbocycles.